The topological polar surface area (TPSA) is 83.5 Å². The van der Waals surface area contributed by atoms with Crippen LogP contribution in [0.25, 0.3) is 0 Å². The molecule has 1 saturated carbocycles. The first-order chi connectivity index (χ1) is 8.83. The minimum atomic E-state index is -3.59. The fourth-order valence-electron chi connectivity index (χ4n) is 1.95. The van der Waals surface area contributed by atoms with Crippen molar-refractivity contribution in [1.29, 1.82) is 0 Å². The molecule has 0 bridgehead atoms. The van der Waals surface area contributed by atoms with Gasteiger partial charge >= 0.3 is 5.97 Å². The van der Waals surface area contributed by atoms with Gasteiger partial charge in [0.1, 0.15) is 0 Å². The van der Waals surface area contributed by atoms with Crippen molar-refractivity contribution in [2.45, 2.75) is 18.2 Å². The number of benzene rings is 1. The number of carboxylic acid groups (broad SMARTS) is 1. The zero-order chi connectivity index (χ0) is 14.2. The molecule has 1 aromatic rings. The lowest BCUT2D eigenvalue weighted by Gasteiger charge is -2.10. The second kappa shape index (κ2) is 5.22. The lowest BCUT2D eigenvalue weighted by Crippen LogP contribution is -2.27. The van der Waals surface area contributed by atoms with Gasteiger partial charge in [0.15, 0.2) is 0 Å². The molecule has 7 heteroatoms. The smallest absolute Gasteiger partial charge is 0.306 e. The van der Waals surface area contributed by atoms with Crippen LogP contribution in [0.2, 0.25) is 0 Å². The molecule has 1 aliphatic rings. The van der Waals surface area contributed by atoms with E-state index in [2.05, 4.69) is 20.7 Å². The van der Waals surface area contributed by atoms with Gasteiger partial charge in [-0.2, -0.15) is 0 Å². The Labute approximate surface area is 120 Å². The van der Waals surface area contributed by atoms with E-state index in [1.54, 1.807) is 19.1 Å². The number of hydrogen-bond acceptors (Lipinski definition) is 3. The third-order valence-corrected chi connectivity index (χ3v) is 5.71. The van der Waals surface area contributed by atoms with Crippen LogP contribution >= 0.6 is 15.9 Å². The summed E-state index contributed by atoms with van der Waals surface area (Å²) in [5.41, 5.74) is 0.639. The normalized spacial score (nSPS) is 22.2. The molecule has 0 aromatic heterocycles. The van der Waals surface area contributed by atoms with E-state index in [1.165, 1.54) is 6.07 Å². The van der Waals surface area contributed by atoms with Gasteiger partial charge in [0, 0.05) is 11.0 Å². The second-order valence-electron chi connectivity index (χ2n) is 4.66. The minimum Gasteiger partial charge on any atom is -0.481 e. The van der Waals surface area contributed by atoms with Gasteiger partial charge in [0.05, 0.1) is 10.8 Å². The highest BCUT2D eigenvalue weighted by Crippen LogP contribution is 2.38. The van der Waals surface area contributed by atoms with Gasteiger partial charge in [-0.3, -0.25) is 4.79 Å². The highest BCUT2D eigenvalue weighted by molar-refractivity contribution is 9.10. The summed E-state index contributed by atoms with van der Waals surface area (Å²) in [6, 6.07) is 4.96. The van der Waals surface area contributed by atoms with Gasteiger partial charge in [-0.05, 0) is 37.0 Å². The summed E-state index contributed by atoms with van der Waals surface area (Å²) in [4.78, 5) is 10.9. The Morgan fingerprint density at radius 3 is 2.79 bits per heavy atom. The molecule has 1 aromatic carbocycles. The van der Waals surface area contributed by atoms with Crippen molar-refractivity contribution in [2.24, 2.45) is 11.8 Å². The van der Waals surface area contributed by atoms with Crippen molar-refractivity contribution in [3.63, 3.8) is 0 Å². The maximum atomic E-state index is 12.1. The highest BCUT2D eigenvalue weighted by Gasteiger charge is 2.43. The first-order valence-electron chi connectivity index (χ1n) is 5.80. The summed E-state index contributed by atoms with van der Waals surface area (Å²) in [7, 11) is -3.59. The molecule has 2 N–H and O–H groups in total. The highest BCUT2D eigenvalue weighted by atomic mass is 79.9. The number of halogens is 1. The van der Waals surface area contributed by atoms with Crippen LogP contribution in [-0.4, -0.2) is 26.0 Å². The van der Waals surface area contributed by atoms with Crippen molar-refractivity contribution < 1.29 is 18.3 Å². The molecule has 104 valence electrons. The average Bonchev–Trinajstić information content (AvgIpc) is 3.09. The van der Waals surface area contributed by atoms with Crippen molar-refractivity contribution in [3.8, 4) is 0 Å². The van der Waals surface area contributed by atoms with Crippen LogP contribution in [0.15, 0.2) is 27.6 Å². The molecule has 2 rings (SSSR count). The molecule has 0 saturated heterocycles. The molecule has 0 spiro atoms. The summed E-state index contributed by atoms with van der Waals surface area (Å²) in [5, 5.41) is 8.77. The van der Waals surface area contributed by atoms with Crippen LogP contribution in [0, 0.1) is 18.8 Å². The van der Waals surface area contributed by atoms with Gasteiger partial charge in [-0.15, -0.1) is 0 Å². The summed E-state index contributed by atoms with van der Waals surface area (Å²) in [5.74, 6) is -1.37. The quantitative estimate of drug-likeness (QED) is 0.849. The Morgan fingerprint density at radius 2 is 2.21 bits per heavy atom. The van der Waals surface area contributed by atoms with E-state index >= 15 is 0 Å². The first-order valence-corrected chi connectivity index (χ1v) is 8.08. The number of carboxylic acids is 1. The number of rotatable bonds is 5. The number of sulfonamides is 1. The fourth-order valence-corrected chi connectivity index (χ4v) is 3.81. The maximum absolute atomic E-state index is 12.1. The summed E-state index contributed by atoms with van der Waals surface area (Å²) in [6.45, 7) is 1.89. The zero-order valence-electron chi connectivity index (χ0n) is 10.3. The van der Waals surface area contributed by atoms with E-state index in [0.29, 0.717) is 12.0 Å². The third-order valence-electron chi connectivity index (χ3n) is 3.28. The third kappa shape index (κ3) is 3.16. The number of hydrogen-bond donors (Lipinski definition) is 2. The molecule has 0 radical (unpaired) electrons. The molecule has 0 unspecified atom stereocenters. The van der Waals surface area contributed by atoms with Crippen LogP contribution in [0.4, 0.5) is 0 Å². The van der Waals surface area contributed by atoms with Crippen molar-refractivity contribution in [2.75, 3.05) is 6.54 Å². The van der Waals surface area contributed by atoms with Gasteiger partial charge in [0.25, 0.3) is 0 Å². The average molecular weight is 348 g/mol. The lowest BCUT2D eigenvalue weighted by molar-refractivity contribution is -0.138. The van der Waals surface area contributed by atoms with Gasteiger partial charge < -0.3 is 5.11 Å². The van der Waals surface area contributed by atoms with Crippen LogP contribution in [-0.2, 0) is 14.8 Å². The SMILES string of the molecule is Cc1c(Br)cccc1S(=O)(=O)NC[C@@H]1C[C@@H]1C(=O)O. The number of aliphatic carboxylic acids is 1. The fraction of sp³-hybridized carbons (Fsp3) is 0.417. The minimum absolute atomic E-state index is 0.0975. The van der Waals surface area contributed by atoms with E-state index in [0.717, 1.165) is 4.47 Å². The molecule has 19 heavy (non-hydrogen) atoms. The summed E-state index contributed by atoms with van der Waals surface area (Å²) < 4.78 is 27.5. The summed E-state index contributed by atoms with van der Waals surface area (Å²) >= 11 is 3.29. The van der Waals surface area contributed by atoms with Gasteiger partial charge in [0.2, 0.25) is 10.0 Å². The van der Waals surface area contributed by atoms with Gasteiger partial charge in [-0.25, -0.2) is 13.1 Å². The number of nitrogens with one attached hydrogen (secondary N) is 1. The monoisotopic (exact) mass is 347 g/mol. The molecule has 1 fully saturated rings. The van der Waals surface area contributed by atoms with E-state index in [1.807, 2.05) is 0 Å². The predicted molar refractivity (Wildman–Crippen MR) is 73.3 cm³/mol. The Morgan fingerprint density at radius 1 is 1.53 bits per heavy atom. The molecular weight excluding hydrogens is 334 g/mol. The standard InChI is InChI=1S/C12H14BrNO4S/c1-7-10(13)3-2-4-11(7)19(17,18)14-6-8-5-9(8)12(15)16/h2-4,8-9,14H,5-6H2,1H3,(H,15,16)/t8-,9-/m0/s1. The number of carbonyl (C=O) groups is 1. The first kappa shape index (κ1) is 14.5. The summed E-state index contributed by atoms with van der Waals surface area (Å²) in [6.07, 6.45) is 0.537. The van der Waals surface area contributed by atoms with Crippen LogP contribution in [0.5, 0.6) is 0 Å². The molecule has 0 amide bonds. The molecular formula is C12H14BrNO4S. The molecule has 0 heterocycles. The molecule has 5 nitrogen and oxygen atoms in total. The largest absolute Gasteiger partial charge is 0.481 e. The van der Waals surface area contributed by atoms with E-state index in [9.17, 15) is 13.2 Å². The Kier molecular flexibility index (Phi) is 3.98. The van der Waals surface area contributed by atoms with Crippen molar-refractivity contribution in [1.82, 2.24) is 4.72 Å². The zero-order valence-corrected chi connectivity index (χ0v) is 12.7. The molecule has 0 aliphatic heterocycles. The Balaban J connectivity index is 2.07. The molecule has 2 atom stereocenters. The Hall–Kier alpha value is -0.920. The van der Waals surface area contributed by atoms with Crippen LogP contribution in [0.1, 0.15) is 12.0 Å². The predicted octanol–water partition coefficient (Wildman–Crippen LogP) is 1.76. The van der Waals surface area contributed by atoms with Crippen molar-refractivity contribution in [3.05, 3.63) is 28.2 Å². The van der Waals surface area contributed by atoms with Crippen molar-refractivity contribution >= 4 is 31.9 Å². The van der Waals surface area contributed by atoms with Crippen LogP contribution in [0.3, 0.4) is 0 Å². The maximum Gasteiger partial charge on any atom is 0.306 e. The van der Waals surface area contributed by atoms with E-state index < -0.39 is 21.9 Å². The van der Waals surface area contributed by atoms with E-state index in [-0.39, 0.29) is 17.4 Å². The van der Waals surface area contributed by atoms with E-state index in [4.69, 9.17) is 5.11 Å². The van der Waals surface area contributed by atoms with Crippen LogP contribution < -0.4 is 4.72 Å². The lowest BCUT2D eigenvalue weighted by atomic mass is 10.2. The Bertz CT molecular complexity index is 614. The second-order valence-corrected chi connectivity index (χ2v) is 7.25. The molecule has 1 aliphatic carbocycles. The van der Waals surface area contributed by atoms with Gasteiger partial charge in [-0.1, -0.05) is 22.0 Å².